The van der Waals surface area contributed by atoms with Gasteiger partial charge in [-0.15, -0.1) is 12.4 Å². The maximum atomic E-state index is 12.9. The zero-order valence-corrected chi connectivity index (χ0v) is 23.5. The molecule has 0 aliphatic carbocycles. The van der Waals surface area contributed by atoms with E-state index in [-0.39, 0.29) is 34.5 Å². The van der Waals surface area contributed by atoms with E-state index < -0.39 is 10.0 Å². The van der Waals surface area contributed by atoms with E-state index >= 15 is 0 Å². The highest BCUT2D eigenvalue weighted by Gasteiger charge is 2.21. The number of carbonyl (C=O) groups is 1. The summed E-state index contributed by atoms with van der Waals surface area (Å²) in [6.45, 7) is 4.59. The van der Waals surface area contributed by atoms with Crippen LogP contribution in [0.15, 0.2) is 77.7 Å². The first kappa shape index (κ1) is 28.1. The number of anilines is 2. The van der Waals surface area contributed by atoms with Gasteiger partial charge in [0.25, 0.3) is 15.9 Å². The maximum absolute atomic E-state index is 12.9. The van der Waals surface area contributed by atoms with Crippen molar-refractivity contribution < 1.29 is 13.2 Å². The topological polar surface area (TPSA) is 94.6 Å². The van der Waals surface area contributed by atoms with Crippen molar-refractivity contribution in [1.82, 2.24) is 15.2 Å². The Bertz CT molecular complexity index is 1510. The fraction of sp³-hybridized carbons (Fsp3) is 0.231. The molecule has 1 amide bonds. The number of hydrogen-bond donors (Lipinski definition) is 2. The standard InChI is InChI=1S/C26H26ClN5O3S2.ClH/c27-19-10-11-23-24(18-19)36-26(29-23)32-16-14-31(15-17-32)13-12-28-25(33)21-8-4-5-9-22(21)30-37(34,35)20-6-2-1-3-7-20;/h1-11,18,30H,12-17H2,(H,28,33);1H. The van der Waals surface area contributed by atoms with Gasteiger partial charge in [0.2, 0.25) is 0 Å². The van der Waals surface area contributed by atoms with E-state index in [2.05, 4.69) is 19.8 Å². The Hall–Kier alpha value is -2.89. The second kappa shape index (κ2) is 12.3. The van der Waals surface area contributed by atoms with Crippen LogP contribution in [0.3, 0.4) is 0 Å². The van der Waals surface area contributed by atoms with Crippen molar-refractivity contribution in [2.45, 2.75) is 4.90 Å². The maximum Gasteiger partial charge on any atom is 0.261 e. The number of halogens is 2. The van der Waals surface area contributed by atoms with Gasteiger partial charge in [0.05, 0.1) is 26.4 Å². The number of nitrogens with one attached hydrogen (secondary N) is 2. The predicted molar refractivity (Wildman–Crippen MR) is 157 cm³/mol. The highest BCUT2D eigenvalue weighted by atomic mass is 35.5. The number of fused-ring (bicyclic) bond motifs is 1. The van der Waals surface area contributed by atoms with Crippen LogP contribution in [0.1, 0.15) is 10.4 Å². The van der Waals surface area contributed by atoms with Crippen molar-refractivity contribution in [3.63, 3.8) is 0 Å². The number of carbonyl (C=O) groups excluding carboxylic acids is 1. The Kier molecular flexibility index (Phi) is 9.11. The highest BCUT2D eigenvalue weighted by molar-refractivity contribution is 7.92. The van der Waals surface area contributed by atoms with Gasteiger partial charge in [-0.3, -0.25) is 14.4 Å². The number of benzene rings is 3. The van der Waals surface area contributed by atoms with Crippen LogP contribution in [-0.4, -0.2) is 63.5 Å². The summed E-state index contributed by atoms with van der Waals surface area (Å²) in [5.74, 6) is -0.321. The lowest BCUT2D eigenvalue weighted by Crippen LogP contribution is -2.48. The number of aromatic nitrogens is 1. The first-order valence-electron chi connectivity index (χ1n) is 11.9. The molecule has 2 N–H and O–H groups in total. The Morgan fingerprint density at radius 1 is 0.974 bits per heavy atom. The molecule has 1 fully saturated rings. The largest absolute Gasteiger partial charge is 0.351 e. The SMILES string of the molecule is Cl.O=C(NCCN1CCN(c2nc3ccc(Cl)cc3s2)CC1)c1ccccc1NS(=O)(=O)c1ccccc1. The fourth-order valence-electron chi connectivity index (χ4n) is 4.18. The summed E-state index contributed by atoms with van der Waals surface area (Å²) >= 11 is 7.75. The molecule has 1 aliphatic rings. The number of amides is 1. The Morgan fingerprint density at radius 3 is 2.45 bits per heavy atom. The third-order valence-electron chi connectivity index (χ3n) is 6.17. The van der Waals surface area contributed by atoms with E-state index in [9.17, 15) is 13.2 Å². The lowest BCUT2D eigenvalue weighted by atomic mass is 10.1. The molecular formula is C26H27Cl2N5O3S2. The quantitative estimate of drug-likeness (QED) is 0.308. The third-order valence-corrected chi connectivity index (χ3v) is 8.86. The second-order valence-corrected chi connectivity index (χ2v) is 11.8. The number of nitrogens with zero attached hydrogens (tertiary/aromatic N) is 3. The first-order chi connectivity index (χ1) is 17.9. The molecule has 1 aliphatic heterocycles. The van der Waals surface area contributed by atoms with Crippen LogP contribution in [0.25, 0.3) is 10.2 Å². The van der Waals surface area contributed by atoms with Crippen LogP contribution >= 0.6 is 35.3 Å². The van der Waals surface area contributed by atoms with Crippen LogP contribution in [0, 0.1) is 0 Å². The van der Waals surface area contributed by atoms with Crippen molar-refractivity contribution in [1.29, 1.82) is 0 Å². The summed E-state index contributed by atoms with van der Waals surface area (Å²) in [6.07, 6.45) is 0. The van der Waals surface area contributed by atoms with Gasteiger partial charge in [0, 0.05) is 44.3 Å². The molecule has 38 heavy (non-hydrogen) atoms. The average Bonchev–Trinajstić information content (AvgIpc) is 3.33. The molecule has 200 valence electrons. The number of piperazine rings is 1. The van der Waals surface area contributed by atoms with E-state index in [1.807, 2.05) is 18.2 Å². The van der Waals surface area contributed by atoms with Gasteiger partial charge in [0.15, 0.2) is 5.13 Å². The van der Waals surface area contributed by atoms with Gasteiger partial charge in [-0.2, -0.15) is 0 Å². The number of para-hydroxylation sites is 1. The van der Waals surface area contributed by atoms with Gasteiger partial charge >= 0.3 is 0 Å². The third kappa shape index (κ3) is 6.57. The molecule has 2 heterocycles. The van der Waals surface area contributed by atoms with Crippen LogP contribution < -0.4 is 14.9 Å². The molecule has 0 bridgehead atoms. The minimum absolute atomic E-state index is 0. The van der Waals surface area contributed by atoms with Crippen LogP contribution in [-0.2, 0) is 10.0 Å². The summed E-state index contributed by atoms with van der Waals surface area (Å²) in [4.78, 5) is 22.3. The highest BCUT2D eigenvalue weighted by Crippen LogP contribution is 2.31. The van der Waals surface area contributed by atoms with Gasteiger partial charge < -0.3 is 10.2 Å². The lowest BCUT2D eigenvalue weighted by molar-refractivity contribution is 0.0948. The Morgan fingerprint density at radius 2 is 1.68 bits per heavy atom. The van der Waals surface area contributed by atoms with E-state index in [4.69, 9.17) is 16.6 Å². The number of hydrogen-bond acceptors (Lipinski definition) is 7. The lowest BCUT2D eigenvalue weighted by Gasteiger charge is -2.34. The molecule has 4 aromatic rings. The zero-order valence-electron chi connectivity index (χ0n) is 20.3. The normalized spacial score (nSPS) is 14.2. The van der Waals surface area contributed by atoms with Crippen molar-refractivity contribution in [3.05, 3.63) is 83.4 Å². The Balaban J connectivity index is 0.00000336. The molecule has 3 aromatic carbocycles. The molecule has 1 saturated heterocycles. The molecule has 0 radical (unpaired) electrons. The van der Waals surface area contributed by atoms with Gasteiger partial charge in [-0.25, -0.2) is 13.4 Å². The summed E-state index contributed by atoms with van der Waals surface area (Å²) in [5.41, 5.74) is 1.48. The predicted octanol–water partition coefficient (Wildman–Crippen LogP) is 4.72. The summed E-state index contributed by atoms with van der Waals surface area (Å²) in [5, 5.41) is 4.64. The Labute approximate surface area is 237 Å². The van der Waals surface area contributed by atoms with Crippen molar-refractivity contribution in [2.24, 2.45) is 0 Å². The smallest absolute Gasteiger partial charge is 0.261 e. The molecule has 8 nitrogen and oxygen atoms in total. The van der Waals surface area contributed by atoms with E-state index in [0.717, 1.165) is 41.5 Å². The molecule has 1 aromatic heterocycles. The summed E-state index contributed by atoms with van der Waals surface area (Å²) in [6, 6.07) is 20.4. The number of thiazole rings is 1. The zero-order chi connectivity index (χ0) is 25.8. The average molecular weight is 593 g/mol. The minimum Gasteiger partial charge on any atom is -0.351 e. The number of sulfonamides is 1. The number of rotatable bonds is 8. The van der Waals surface area contributed by atoms with Crippen LogP contribution in [0.4, 0.5) is 10.8 Å². The van der Waals surface area contributed by atoms with Gasteiger partial charge in [0.1, 0.15) is 0 Å². The van der Waals surface area contributed by atoms with Crippen molar-refractivity contribution >= 4 is 72.3 Å². The minimum atomic E-state index is -3.80. The van der Waals surface area contributed by atoms with Crippen LogP contribution in [0.5, 0.6) is 0 Å². The molecule has 0 unspecified atom stereocenters. The van der Waals surface area contributed by atoms with E-state index in [1.165, 1.54) is 12.1 Å². The molecule has 0 spiro atoms. The summed E-state index contributed by atoms with van der Waals surface area (Å²) in [7, 11) is -3.80. The van der Waals surface area contributed by atoms with Crippen LogP contribution in [0.2, 0.25) is 5.02 Å². The second-order valence-electron chi connectivity index (χ2n) is 8.66. The van der Waals surface area contributed by atoms with Gasteiger partial charge in [-0.05, 0) is 42.5 Å². The van der Waals surface area contributed by atoms with E-state index in [0.29, 0.717) is 18.1 Å². The summed E-state index contributed by atoms with van der Waals surface area (Å²) < 4.78 is 29.1. The molecule has 12 heteroatoms. The van der Waals surface area contributed by atoms with E-state index in [1.54, 1.807) is 53.8 Å². The van der Waals surface area contributed by atoms with Gasteiger partial charge in [-0.1, -0.05) is 53.3 Å². The molecular weight excluding hydrogens is 565 g/mol. The first-order valence-corrected chi connectivity index (χ1v) is 14.6. The molecule has 5 rings (SSSR count). The van der Waals surface area contributed by atoms with Crippen molar-refractivity contribution in [2.75, 3.05) is 48.9 Å². The van der Waals surface area contributed by atoms with Crippen molar-refractivity contribution in [3.8, 4) is 0 Å². The fourth-order valence-corrected chi connectivity index (χ4v) is 6.57. The monoisotopic (exact) mass is 591 g/mol. The molecule has 0 saturated carbocycles. The molecule has 0 atom stereocenters.